The van der Waals surface area contributed by atoms with E-state index in [4.69, 9.17) is 0 Å². The fraction of sp³-hybridized carbons (Fsp3) is 0.667. The normalized spacial score (nSPS) is 25.4. The van der Waals surface area contributed by atoms with Crippen LogP contribution < -0.4 is 10.6 Å². The summed E-state index contributed by atoms with van der Waals surface area (Å²) in [6, 6.07) is 3.35. The van der Waals surface area contributed by atoms with Crippen LogP contribution in [-0.4, -0.2) is 39.9 Å². The highest BCUT2D eigenvalue weighted by Gasteiger charge is 2.31. The third-order valence-corrected chi connectivity index (χ3v) is 4.04. The van der Waals surface area contributed by atoms with Crippen molar-refractivity contribution in [1.82, 2.24) is 15.5 Å². The summed E-state index contributed by atoms with van der Waals surface area (Å²) >= 11 is 0. The third kappa shape index (κ3) is 4.39. The van der Waals surface area contributed by atoms with Gasteiger partial charge in [0.2, 0.25) is 0 Å². The molecule has 116 valence electrons. The molecule has 1 aliphatic carbocycles. The lowest BCUT2D eigenvalue weighted by Gasteiger charge is -2.35. The molecule has 0 atom stereocenters. The Bertz CT molecular complexity index is 467. The Labute approximate surface area is 125 Å². The molecular weight excluding hydrogens is 268 g/mol. The van der Waals surface area contributed by atoms with Crippen molar-refractivity contribution in [3.05, 3.63) is 17.8 Å². The summed E-state index contributed by atoms with van der Waals surface area (Å²) in [4.78, 5) is 11.6. The summed E-state index contributed by atoms with van der Waals surface area (Å²) in [6.45, 7) is 5.10. The molecule has 1 aromatic heterocycles. The zero-order chi connectivity index (χ0) is 15.3. The average molecular weight is 292 g/mol. The SMILES string of the molecule is CCNC(=O)c1ccc(NCC2(O)CCC(C)CC2)nn1. The number of hydrogen-bond acceptors (Lipinski definition) is 5. The van der Waals surface area contributed by atoms with Crippen molar-refractivity contribution in [2.75, 3.05) is 18.4 Å². The molecule has 6 nitrogen and oxygen atoms in total. The van der Waals surface area contributed by atoms with Crippen molar-refractivity contribution in [1.29, 1.82) is 0 Å². The Balaban J connectivity index is 1.87. The first-order chi connectivity index (χ1) is 10.0. The second kappa shape index (κ2) is 6.85. The van der Waals surface area contributed by atoms with Gasteiger partial charge in [-0.1, -0.05) is 6.92 Å². The maximum Gasteiger partial charge on any atom is 0.271 e. The Hall–Kier alpha value is -1.69. The number of amides is 1. The van der Waals surface area contributed by atoms with Crippen molar-refractivity contribution in [2.45, 2.75) is 45.1 Å². The molecule has 1 heterocycles. The van der Waals surface area contributed by atoms with Gasteiger partial charge in [0.15, 0.2) is 5.69 Å². The van der Waals surface area contributed by atoms with E-state index in [0.29, 0.717) is 30.5 Å². The Morgan fingerprint density at radius 3 is 2.67 bits per heavy atom. The van der Waals surface area contributed by atoms with E-state index in [9.17, 15) is 9.90 Å². The number of carbonyl (C=O) groups is 1. The molecule has 1 fully saturated rings. The first-order valence-corrected chi connectivity index (χ1v) is 7.60. The molecule has 21 heavy (non-hydrogen) atoms. The number of anilines is 1. The highest BCUT2D eigenvalue weighted by Crippen LogP contribution is 2.31. The number of hydrogen-bond donors (Lipinski definition) is 3. The summed E-state index contributed by atoms with van der Waals surface area (Å²) in [6.07, 6.45) is 3.73. The topological polar surface area (TPSA) is 87.1 Å². The highest BCUT2D eigenvalue weighted by atomic mass is 16.3. The first-order valence-electron chi connectivity index (χ1n) is 7.60. The van der Waals surface area contributed by atoms with Crippen LogP contribution in [0, 0.1) is 5.92 Å². The van der Waals surface area contributed by atoms with E-state index < -0.39 is 5.60 Å². The maximum absolute atomic E-state index is 11.6. The van der Waals surface area contributed by atoms with Gasteiger partial charge >= 0.3 is 0 Å². The van der Waals surface area contributed by atoms with E-state index in [0.717, 1.165) is 25.7 Å². The molecule has 3 N–H and O–H groups in total. The molecule has 0 unspecified atom stereocenters. The van der Waals surface area contributed by atoms with Gasteiger partial charge < -0.3 is 15.7 Å². The van der Waals surface area contributed by atoms with Gasteiger partial charge in [-0.2, -0.15) is 0 Å². The average Bonchev–Trinajstić information content (AvgIpc) is 2.49. The lowest BCUT2D eigenvalue weighted by atomic mass is 9.79. The fourth-order valence-corrected chi connectivity index (χ4v) is 2.53. The fourth-order valence-electron chi connectivity index (χ4n) is 2.53. The quantitative estimate of drug-likeness (QED) is 0.767. The van der Waals surface area contributed by atoms with Crippen molar-refractivity contribution >= 4 is 11.7 Å². The van der Waals surface area contributed by atoms with Crippen molar-refractivity contribution in [2.24, 2.45) is 5.92 Å². The molecule has 1 aliphatic rings. The number of nitrogens with zero attached hydrogens (tertiary/aromatic N) is 2. The minimum atomic E-state index is -0.660. The van der Waals surface area contributed by atoms with E-state index in [-0.39, 0.29) is 5.91 Å². The standard InChI is InChI=1S/C15H24N4O2/c1-3-16-14(20)12-4-5-13(19-18-12)17-10-15(21)8-6-11(2)7-9-15/h4-5,11,21H,3,6-10H2,1-2H3,(H,16,20)(H,17,19). The van der Waals surface area contributed by atoms with Crippen LogP contribution >= 0.6 is 0 Å². The summed E-state index contributed by atoms with van der Waals surface area (Å²) in [5, 5.41) is 24.1. The van der Waals surface area contributed by atoms with Crippen LogP contribution in [0.15, 0.2) is 12.1 Å². The van der Waals surface area contributed by atoms with Gasteiger partial charge in [0.1, 0.15) is 5.82 Å². The molecule has 0 spiro atoms. The number of nitrogens with one attached hydrogen (secondary N) is 2. The molecule has 0 aliphatic heterocycles. The van der Waals surface area contributed by atoms with Crippen LogP contribution in [0.5, 0.6) is 0 Å². The molecule has 1 aromatic rings. The molecule has 0 bridgehead atoms. The molecule has 0 aromatic carbocycles. The Morgan fingerprint density at radius 1 is 1.38 bits per heavy atom. The van der Waals surface area contributed by atoms with Gasteiger partial charge in [0.05, 0.1) is 5.60 Å². The van der Waals surface area contributed by atoms with Gasteiger partial charge in [-0.3, -0.25) is 4.79 Å². The van der Waals surface area contributed by atoms with E-state index in [1.54, 1.807) is 12.1 Å². The summed E-state index contributed by atoms with van der Waals surface area (Å²) < 4.78 is 0. The number of aliphatic hydroxyl groups is 1. The summed E-state index contributed by atoms with van der Waals surface area (Å²) in [5.74, 6) is 1.05. The van der Waals surface area contributed by atoms with E-state index in [1.807, 2.05) is 6.92 Å². The monoisotopic (exact) mass is 292 g/mol. The van der Waals surface area contributed by atoms with Crippen LogP contribution in [0.2, 0.25) is 0 Å². The molecular formula is C15H24N4O2. The van der Waals surface area contributed by atoms with Crippen LogP contribution in [0.4, 0.5) is 5.82 Å². The lowest BCUT2D eigenvalue weighted by molar-refractivity contribution is 0.00493. The van der Waals surface area contributed by atoms with Crippen LogP contribution in [-0.2, 0) is 0 Å². The molecule has 1 saturated carbocycles. The van der Waals surface area contributed by atoms with Crippen molar-refractivity contribution < 1.29 is 9.90 Å². The number of rotatable bonds is 5. The smallest absolute Gasteiger partial charge is 0.271 e. The zero-order valence-electron chi connectivity index (χ0n) is 12.7. The Morgan fingerprint density at radius 2 is 2.10 bits per heavy atom. The van der Waals surface area contributed by atoms with Gasteiger partial charge in [0, 0.05) is 13.1 Å². The van der Waals surface area contributed by atoms with Crippen LogP contribution in [0.25, 0.3) is 0 Å². The molecule has 0 saturated heterocycles. The lowest BCUT2D eigenvalue weighted by Crippen LogP contribution is -2.40. The predicted octanol–water partition coefficient (Wildman–Crippen LogP) is 1.58. The Kier molecular flexibility index (Phi) is 5.12. The predicted molar refractivity (Wildman–Crippen MR) is 81.1 cm³/mol. The number of carbonyl (C=O) groups excluding carboxylic acids is 1. The zero-order valence-corrected chi connectivity index (χ0v) is 12.7. The third-order valence-electron chi connectivity index (χ3n) is 4.04. The maximum atomic E-state index is 11.6. The highest BCUT2D eigenvalue weighted by molar-refractivity contribution is 5.92. The van der Waals surface area contributed by atoms with Crippen molar-refractivity contribution in [3.63, 3.8) is 0 Å². The molecule has 2 rings (SSSR count). The molecule has 0 radical (unpaired) electrons. The minimum absolute atomic E-state index is 0.226. The van der Waals surface area contributed by atoms with Crippen LogP contribution in [0.1, 0.15) is 50.0 Å². The van der Waals surface area contributed by atoms with Gasteiger partial charge in [-0.25, -0.2) is 0 Å². The van der Waals surface area contributed by atoms with E-state index >= 15 is 0 Å². The summed E-state index contributed by atoms with van der Waals surface area (Å²) in [5.41, 5.74) is -0.362. The molecule has 1 amide bonds. The van der Waals surface area contributed by atoms with Gasteiger partial charge in [0.25, 0.3) is 5.91 Å². The minimum Gasteiger partial charge on any atom is -0.388 e. The van der Waals surface area contributed by atoms with Gasteiger partial charge in [-0.05, 0) is 50.7 Å². The largest absolute Gasteiger partial charge is 0.388 e. The summed E-state index contributed by atoms with van der Waals surface area (Å²) in [7, 11) is 0. The first kappa shape index (κ1) is 15.7. The van der Waals surface area contributed by atoms with E-state index in [1.165, 1.54) is 0 Å². The van der Waals surface area contributed by atoms with E-state index in [2.05, 4.69) is 27.8 Å². The van der Waals surface area contributed by atoms with Gasteiger partial charge in [-0.15, -0.1) is 10.2 Å². The molecule has 6 heteroatoms. The number of aromatic nitrogens is 2. The van der Waals surface area contributed by atoms with Crippen LogP contribution in [0.3, 0.4) is 0 Å². The second-order valence-corrected chi connectivity index (χ2v) is 5.92. The second-order valence-electron chi connectivity index (χ2n) is 5.92. The van der Waals surface area contributed by atoms with Crippen molar-refractivity contribution in [3.8, 4) is 0 Å².